The molecule has 0 saturated carbocycles. The zero-order valence-electron chi connectivity index (χ0n) is 11.1. The summed E-state index contributed by atoms with van der Waals surface area (Å²) in [5.74, 6) is 2.07. The van der Waals surface area contributed by atoms with Crippen LogP contribution in [-0.4, -0.2) is 23.3 Å². The van der Waals surface area contributed by atoms with E-state index in [9.17, 15) is 0 Å². The van der Waals surface area contributed by atoms with E-state index in [4.69, 9.17) is 15.0 Å². The lowest BCUT2D eigenvalue weighted by molar-refractivity contribution is 0.340. The molecule has 0 fully saturated rings. The van der Waals surface area contributed by atoms with Gasteiger partial charge in [0.15, 0.2) is 0 Å². The van der Waals surface area contributed by atoms with Gasteiger partial charge in [-0.3, -0.25) is 0 Å². The smallest absolute Gasteiger partial charge is 0.226 e. The highest BCUT2D eigenvalue weighted by Gasteiger charge is 2.09. The molecule has 0 spiro atoms. The summed E-state index contributed by atoms with van der Waals surface area (Å²) in [6, 6.07) is 7.69. The van der Waals surface area contributed by atoms with Gasteiger partial charge in [-0.2, -0.15) is 4.98 Å². The van der Waals surface area contributed by atoms with Crippen LogP contribution in [0.5, 0.6) is 5.75 Å². The van der Waals surface area contributed by atoms with Crippen LogP contribution in [0.1, 0.15) is 25.7 Å². The number of hydrogen-bond donors (Lipinski definition) is 1. The minimum atomic E-state index is 0.601. The third-order valence-corrected chi connectivity index (χ3v) is 2.72. The number of benzene rings is 1. The van der Waals surface area contributed by atoms with E-state index in [1.165, 1.54) is 0 Å². The van der Waals surface area contributed by atoms with E-state index in [0.717, 1.165) is 30.6 Å². The lowest BCUT2D eigenvalue weighted by Gasteiger charge is -2.02. The largest absolute Gasteiger partial charge is 0.494 e. The normalized spacial score (nSPS) is 10.6. The van der Waals surface area contributed by atoms with E-state index < -0.39 is 0 Å². The van der Waals surface area contributed by atoms with Crippen molar-refractivity contribution in [2.45, 2.75) is 26.2 Å². The maximum atomic E-state index is 5.45. The van der Waals surface area contributed by atoms with Crippen molar-refractivity contribution in [3.05, 3.63) is 30.2 Å². The molecule has 5 nitrogen and oxygen atoms in total. The van der Waals surface area contributed by atoms with Crippen LogP contribution in [-0.2, 0) is 6.42 Å². The van der Waals surface area contributed by atoms with Crippen LogP contribution in [0.25, 0.3) is 11.4 Å². The van der Waals surface area contributed by atoms with Gasteiger partial charge in [0.25, 0.3) is 0 Å². The number of hydrogen-bond acceptors (Lipinski definition) is 5. The quantitative estimate of drug-likeness (QED) is 0.775. The van der Waals surface area contributed by atoms with Crippen molar-refractivity contribution >= 4 is 0 Å². The highest BCUT2D eigenvalue weighted by Crippen LogP contribution is 2.21. The first-order chi connectivity index (χ1) is 9.33. The molecule has 0 radical (unpaired) electrons. The summed E-state index contributed by atoms with van der Waals surface area (Å²) >= 11 is 0. The molecule has 0 aliphatic carbocycles. The van der Waals surface area contributed by atoms with E-state index in [0.29, 0.717) is 24.9 Å². The number of ether oxygens (including phenoxy) is 1. The molecule has 5 heteroatoms. The number of nitrogens with zero attached hydrogens (tertiary/aromatic N) is 2. The van der Waals surface area contributed by atoms with Gasteiger partial charge in [-0.25, -0.2) is 0 Å². The maximum absolute atomic E-state index is 5.45. The zero-order valence-corrected chi connectivity index (χ0v) is 11.1. The first-order valence-electron chi connectivity index (χ1n) is 6.59. The molecule has 2 aromatic rings. The molecular weight excluding hydrogens is 242 g/mol. The predicted molar refractivity (Wildman–Crippen MR) is 72.9 cm³/mol. The van der Waals surface area contributed by atoms with Gasteiger partial charge in [0.1, 0.15) is 5.75 Å². The van der Waals surface area contributed by atoms with Crippen LogP contribution in [0, 0.1) is 0 Å². The van der Waals surface area contributed by atoms with Crippen molar-refractivity contribution in [1.29, 1.82) is 0 Å². The molecule has 1 aromatic carbocycles. The van der Waals surface area contributed by atoms with Crippen molar-refractivity contribution in [2.75, 3.05) is 13.2 Å². The first kappa shape index (κ1) is 13.5. The molecule has 19 heavy (non-hydrogen) atoms. The van der Waals surface area contributed by atoms with Crippen LogP contribution >= 0.6 is 0 Å². The third kappa shape index (κ3) is 3.79. The van der Waals surface area contributed by atoms with E-state index in [1.54, 1.807) is 0 Å². The molecular formula is C14H19N3O2. The Hall–Kier alpha value is -1.88. The average molecular weight is 261 g/mol. The molecule has 0 aliphatic heterocycles. The van der Waals surface area contributed by atoms with Crippen LogP contribution in [0.4, 0.5) is 0 Å². The summed E-state index contributed by atoms with van der Waals surface area (Å²) < 4.78 is 10.7. The van der Waals surface area contributed by atoms with Gasteiger partial charge in [-0.1, -0.05) is 17.3 Å². The summed E-state index contributed by atoms with van der Waals surface area (Å²) in [7, 11) is 0. The maximum Gasteiger partial charge on any atom is 0.226 e. The first-order valence-corrected chi connectivity index (χ1v) is 6.59. The Labute approximate surface area is 112 Å². The van der Waals surface area contributed by atoms with Gasteiger partial charge in [-0.15, -0.1) is 0 Å². The molecule has 2 N–H and O–H groups in total. The van der Waals surface area contributed by atoms with Crippen molar-refractivity contribution in [1.82, 2.24) is 10.1 Å². The summed E-state index contributed by atoms with van der Waals surface area (Å²) in [6.07, 6.45) is 2.71. The topological polar surface area (TPSA) is 74.2 Å². The summed E-state index contributed by atoms with van der Waals surface area (Å²) in [5, 5.41) is 3.99. The van der Waals surface area contributed by atoms with Crippen molar-refractivity contribution in [3.8, 4) is 17.1 Å². The number of rotatable bonds is 7. The Kier molecular flexibility index (Phi) is 4.92. The average Bonchev–Trinajstić information content (AvgIpc) is 2.89. The number of aromatic nitrogens is 2. The van der Waals surface area contributed by atoms with Crippen LogP contribution < -0.4 is 10.5 Å². The van der Waals surface area contributed by atoms with E-state index >= 15 is 0 Å². The summed E-state index contributed by atoms with van der Waals surface area (Å²) in [4.78, 5) is 4.38. The highest BCUT2D eigenvalue weighted by molar-refractivity contribution is 5.56. The monoisotopic (exact) mass is 261 g/mol. The minimum absolute atomic E-state index is 0.601. The highest BCUT2D eigenvalue weighted by atomic mass is 16.5. The molecule has 0 atom stereocenters. The second kappa shape index (κ2) is 6.89. The summed E-state index contributed by atoms with van der Waals surface area (Å²) in [5.41, 5.74) is 6.36. The molecule has 0 aliphatic rings. The van der Waals surface area contributed by atoms with E-state index in [-0.39, 0.29) is 0 Å². The van der Waals surface area contributed by atoms with E-state index in [1.807, 2.05) is 31.2 Å². The lowest BCUT2D eigenvalue weighted by Crippen LogP contribution is -1.99. The Bertz CT molecular complexity index is 511. The Balaban J connectivity index is 2.07. The Morgan fingerprint density at radius 1 is 1.32 bits per heavy atom. The molecule has 1 aromatic heterocycles. The van der Waals surface area contributed by atoms with Gasteiger partial charge in [0.2, 0.25) is 11.7 Å². The lowest BCUT2D eigenvalue weighted by atomic mass is 10.2. The van der Waals surface area contributed by atoms with Crippen molar-refractivity contribution < 1.29 is 9.26 Å². The Morgan fingerprint density at radius 3 is 3.00 bits per heavy atom. The van der Waals surface area contributed by atoms with Gasteiger partial charge < -0.3 is 15.0 Å². The fourth-order valence-corrected chi connectivity index (χ4v) is 1.79. The van der Waals surface area contributed by atoms with Gasteiger partial charge in [0.05, 0.1) is 6.61 Å². The molecule has 1 heterocycles. The second-order valence-corrected chi connectivity index (χ2v) is 4.22. The molecule has 0 amide bonds. The predicted octanol–water partition coefficient (Wildman–Crippen LogP) is 2.42. The fourth-order valence-electron chi connectivity index (χ4n) is 1.79. The molecule has 2 rings (SSSR count). The SMILES string of the molecule is CCOc1cccc(-c2noc(CCCCN)n2)c1. The Morgan fingerprint density at radius 2 is 2.21 bits per heavy atom. The van der Waals surface area contributed by atoms with E-state index in [2.05, 4.69) is 10.1 Å². The van der Waals surface area contributed by atoms with Gasteiger partial charge in [0, 0.05) is 12.0 Å². The van der Waals surface area contributed by atoms with Gasteiger partial charge >= 0.3 is 0 Å². The zero-order chi connectivity index (χ0) is 13.5. The number of unbranched alkanes of at least 4 members (excludes halogenated alkanes) is 1. The molecule has 0 unspecified atom stereocenters. The molecule has 102 valence electrons. The van der Waals surface area contributed by atoms with Crippen LogP contribution in [0.3, 0.4) is 0 Å². The third-order valence-electron chi connectivity index (χ3n) is 2.72. The van der Waals surface area contributed by atoms with Crippen LogP contribution in [0.2, 0.25) is 0 Å². The molecule has 0 bridgehead atoms. The van der Waals surface area contributed by atoms with Gasteiger partial charge in [-0.05, 0) is 38.4 Å². The standard InChI is InChI=1S/C14H19N3O2/c1-2-18-12-7-5-6-11(10-12)14-16-13(19-17-14)8-3-4-9-15/h5-7,10H,2-4,8-9,15H2,1H3. The molecule has 0 saturated heterocycles. The summed E-state index contributed by atoms with van der Waals surface area (Å²) in [6.45, 7) is 3.29. The van der Waals surface area contributed by atoms with Crippen molar-refractivity contribution in [2.24, 2.45) is 5.73 Å². The number of nitrogens with two attached hydrogens (primary N) is 1. The van der Waals surface area contributed by atoms with Crippen LogP contribution in [0.15, 0.2) is 28.8 Å². The fraction of sp³-hybridized carbons (Fsp3) is 0.429. The minimum Gasteiger partial charge on any atom is -0.494 e. The number of aryl methyl sites for hydroxylation is 1. The van der Waals surface area contributed by atoms with Crippen molar-refractivity contribution in [3.63, 3.8) is 0 Å². The second-order valence-electron chi connectivity index (χ2n) is 4.22.